The first kappa shape index (κ1) is 23.1. The van der Waals surface area contributed by atoms with E-state index in [4.69, 9.17) is 10.5 Å². The van der Waals surface area contributed by atoms with E-state index in [0.717, 1.165) is 34.1 Å². The fraction of sp³-hybridized carbons (Fsp3) is 0.367. The molecule has 186 valence electrons. The smallest absolute Gasteiger partial charge is 0.133 e. The zero-order chi connectivity index (χ0) is 24.5. The number of aromatic nitrogens is 2. The maximum atomic E-state index is 6.44. The predicted molar refractivity (Wildman–Crippen MR) is 146 cm³/mol. The number of hydrogen-bond acceptors (Lipinski definition) is 5. The largest absolute Gasteiger partial charge is 0.457 e. The van der Waals surface area contributed by atoms with Gasteiger partial charge in [0.25, 0.3) is 0 Å². The Labute approximate surface area is 213 Å². The molecule has 0 spiro atoms. The number of ether oxygens (including phenoxy) is 1. The fourth-order valence-electron chi connectivity index (χ4n) is 5.97. The van der Waals surface area contributed by atoms with Crippen LogP contribution in [0, 0.1) is 0 Å². The molecule has 0 radical (unpaired) electrons. The average Bonchev–Trinajstić information content (AvgIpc) is 3.31. The summed E-state index contributed by atoms with van der Waals surface area (Å²) in [6.45, 7) is 4.78. The summed E-state index contributed by atoms with van der Waals surface area (Å²) in [5.41, 5.74) is 9.90. The molecule has 2 aliphatic rings. The Morgan fingerprint density at radius 3 is 2.19 bits per heavy atom. The molecule has 1 saturated heterocycles. The summed E-state index contributed by atoms with van der Waals surface area (Å²) in [6, 6.07) is 21.5. The molecule has 2 N–H and O–H groups in total. The average molecular weight is 482 g/mol. The van der Waals surface area contributed by atoms with Crippen LogP contribution in [0.4, 0.5) is 5.82 Å². The predicted octanol–water partition coefficient (Wildman–Crippen LogP) is 5.81. The number of fused-ring (bicyclic) bond motifs is 1. The Kier molecular flexibility index (Phi) is 6.38. The number of nitrogens with two attached hydrogens (primary N) is 1. The molecule has 0 unspecified atom stereocenters. The van der Waals surface area contributed by atoms with Crippen LogP contribution in [0.15, 0.2) is 73.1 Å². The second-order valence-electron chi connectivity index (χ2n) is 10.3. The van der Waals surface area contributed by atoms with Gasteiger partial charge in [0, 0.05) is 61.6 Å². The Balaban J connectivity index is 1.24. The molecule has 1 aliphatic carbocycles. The van der Waals surface area contributed by atoms with Gasteiger partial charge in [0.05, 0.1) is 5.52 Å². The summed E-state index contributed by atoms with van der Waals surface area (Å²) in [5.74, 6) is 2.25. The highest BCUT2D eigenvalue weighted by atomic mass is 16.5. The van der Waals surface area contributed by atoms with E-state index in [1.807, 2.05) is 48.7 Å². The number of likely N-dealkylation sites (N-methyl/N-ethyl adjacent to an activating group) is 1. The molecule has 2 aromatic carbocycles. The summed E-state index contributed by atoms with van der Waals surface area (Å²) in [4.78, 5) is 9.59. The van der Waals surface area contributed by atoms with Gasteiger partial charge in [0.15, 0.2) is 0 Å². The normalized spacial score (nSPS) is 21.6. The summed E-state index contributed by atoms with van der Waals surface area (Å²) in [7, 11) is 2.23. The second kappa shape index (κ2) is 9.96. The van der Waals surface area contributed by atoms with Gasteiger partial charge in [0.2, 0.25) is 0 Å². The minimum absolute atomic E-state index is 0.493. The van der Waals surface area contributed by atoms with E-state index in [2.05, 4.69) is 50.8 Å². The number of hydrogen-bond donors (Lipinski definition) is 1. The van der Waals surface area contributed by atoms with Crippen molar-refractivity contribution in [1.82, 2.24) is 19.4 Å². The number of pyridine rings is 1. The van der Waals surface area contributed by atoms with Crippen molar-refractivity contribution in [3.05, 3.63) is 73.1 Å². The molecule has 6 heteroatoms. The van der Waals surface area contributed by atoms with Crippen molar-refractivity contribution in [2.75, 3.05) is 39.0 Å². The van der Waals surface area contributed by atoms with Gasteiger partial charge in [-0.05, 0) is 68.6 Å². The van der Waals surface area contributed by atoms with Crippen molar-refractivity contribution >= 4 is 16.7 Å². The number of benzene rings is 2. The van der Waals surface area contributed by atoms with Crippen molar-refractivity contribution in [1.29, 1.82) is 0 Å². The van der Waals surface area contributed by atoms with E-state index >= 15 is 0 Å². The van der Waals surface area contributed by atoms with Crippen molar-refractivity contribution in [3.63, 3.8) is 0 Å². The van der Waals surface area contributed by atoms with Crippen LogP contribution in [0.3, 0.4) is 0 Å². The van der Waals surface area contributed by atoms with Crippen molar-refractivity contribution < 1.29 is 4.74 Å². The minimum Gasteiger partial charge on any atom is -0.457 e. The van der Waals surface area contributed by atoms with Crippen molar-refractivity contribution in [2.24, 2.45) is 0 Å². The molecule has 1 aliphatic heterocycles. The molecule has 36 heavy (non-hydrogen) atoms. The second-order valence-corrected chi connectivity index (χ2v) is 10.3. The van der Waals surface area contributed by atoms with Gasteiger partial charge in [-0.3, -0.25) is 4.90 Å². The third-order valence-corrected chi connectivity index (χ3v) is 8.03. The zero-order valence-electron chi connectivity index (χ0n) is 21.0. The highest BCUT2D eigenvalue weighted by molar-refractivity contribution is 6.02. The molecular formula is C30H35N5O. The summed E-state index contributed by atoms with van der Waals surface area (Å²) >= 11 is 0. The molecule has 0 bridgehead atoms. The molecule has 1 saturated carbocycles. The van der Waals surface area contributed by atoms with Gasteiger partial charge >= 0.3 is 0 Å². The summed E-state index contributed by atoms with van der Waals surface area (Å²) in [5, 5.41) is 1.05. The van der Waals surface area contributed by atoms with Crippen LogP contribution >= 0.6 is 0 Å². The maximum absolute atomic E-state index is 6.44. The molecule has 2 aromatic heterocycles. The lowest BCUT2D eigenvalue weighted by molar-refractivity contribution is 0.0828. The van der Waals surface area contributed by atoms with Crippen molar-refractivity contribution in [2.45, 2.75) is 37.8 Å². The third kappa shape index (κ3) is 4.59. The summed E-state index contributed by atoms with van der Waals surface area (Å²) < 4.78 is 8.47. The van der Waals surface area contributed by atoms with Crippen LogP contribution in [0.2, 0.25) is 0 Å². The van der Waals surface area contributed by atoms with Gasteiger partial charge in [-0.2, -0.15) is 0 Å². The first-order valence-electron chi connectivity index (χ1n) is 13.2. The number of nitrogens with zero attached hydrogens (tertiary/aromatic N) is 4. The highest BCUT2D eigenvalue weighted by Gasteiger charge is 2.29. The van der Waals surface area contributed by atoms with Crippen LogP contribution in [0.5, 0.6) is 11.5 Å². The topological polar surface area (TPSA) is 59.5 Å². The molecule has 2 fully saturated rings. The zero-order valence-corrected chi connectivity index (χ0v) is 21.0. The first-order valence-corrected chi connectivity index (χ1v) is 13.2. The molecular weight excluding hydrogens is 446 g/mol. The molecule has 3 heterocycles. The molecule has 6 nitrogen and oxygen atoms in total. The first-order chi connectivity index (χ1) is 17.7. The Morgan fingerprint density at radius 1 is 0.806 bits per heavy atom. The lowest BCUT2D eigenvalue weighted by Gasteiger charge is -2.41. The number of anilines is 1. The van der Waals surface area contributed by atoms with Crippen molar-refractivity contribution in [3.8, 4) is 22.6 Å². The highest BCUT2D eigenvalue weighted by Crippen LogP contribution is 2.40. The number of nitrogen functional groups attached to an aromatic ring is 1. The van der Waals surface area contributed by atoms with Crippen LogP contribution in [-0.4, -0.2) is 58.6 Å². The maximum Gasteiger partial charge on any atom is 0.133 e. The lowest BCUT2D eigenvalue weighted by atomic mass is 9.89. The Hall–Kier alpha value is -3.35. The Morgan fingerprint density at radius 2 is 1.47 bits per heavy atom. The van der Waals surface area contributed by atoms with E-state index in [9.17, 15) is 0 Å². The van der Waals surface area contributed by atoms with Gasteiger partial charge in [-0.1, -0.05) is 30.3 Å². The standard InChI is InChI=1S/C30H35N5O/c1-33-17-19-34(20-18-33)23-9-11-24(12-10-23)35-21-27(29-28(35)15-16-32-30(29)31)22-7-13-26(14-8-22)36-25-5-3-2-4-6-25/h2-8,13-16,21,23-24H,9-12,17-20H2,1H3,(H2,31,32)/t23-,24-. The molecule has 4 aromatic rings. The van der Waals surface area contributed by atoms with E-state index in [1.165, 1.54) is 57.4 Å². The third-order valence-electron chi connectivity index (χ3n) is 8.03. The van der Waals surface area contributed by atoms with Crippen LogP contribution < -0.4 is 10.5 Å². The van der Waals surface area contributed by atoms with Gasteiger partial charge in [-0.15, -0.1) is 0 Å². The summed E-state index contributed by atoms with van der Waals surface area (Å²) in [6.07, 6.45) is 9.06. The number of rotatable bonds is 5. The van der Waals surface area contributed by atoms with E-state index < -0.39 is 0 Å². The SMILES string of the molecule is CN1CCN([C@H]2CC[C@H](n3cc(-c4ccc(Oc5ccccc5)cc4)c4c(N)nccc43)CC2)CC1. The van der Waals surface area contributed by atoms with Gasteiger partial charge < -0.3 is 19.9 Å². The number of para-hydroxylation sites is 1. The minimum atomic E-state index is 0.493. The quantitative estimate of drug-likeness (QED) is 0.390. The van der Waals surface area contributed by atoms with Crippen LogP contribution in [-0.2, 0) is 0 Å². The van der Waals surface area contributed by atoms with E-state index in [0.29, 0.717) is 11.9 Å². The Bertz CT molecular complexity index is 1300. The van der Waals surface area contributed by atoms with Crippen LogP contribution in [0.25, 0.3) is 22.0 Å². The monoisotopic (exact) mass is 481 g/mol. The molecule has 0 atom stereocenters. The van der Waals surface area contributed by atoms with Gasteiger partial charge in [0.1, 0.15) is 17.3 Å². The van der Waals surface area contributed by atoms with E-state index in [-0.39, 0.29) is 0 Å². The van der Waals surface area contributed by atoms with E-state index in [1.54, 1.807) is 0 Å². The van der Waals surface area contributed by atoms with Crippen LogP contribution in [0.1, 0.15) is 31.7 Å². The fourth-order valence-corrected chi connectivity index (χ4v) is 5.97. The van der Waals surface area contributed by atoms with Gasteiger partial charge in [-0.25, -0.2) is 4.98 Å². The molecule has 0 amide bonds. The molecule has 6 rings (SSSR count). The number of piperazine rings is 1. The lowest BCUT2D eigenvalue weighted by Crippen LogP contribution is -2.49.